The molecule has 228 valence electrons. The fourth-order valence-electron chi connectivity index (χ4n) is 5.07. The Morgan fingerprint density at radius 1 is 0.955 bits per heavy atom. The summed E-state index contributed by atoms with van der Waals surface area (Å²) in [7, 11) is 1.53. The van der Waals surface area contributed by atoms with Gasteiger partial charge in [0.2, 0.25) is 5.13 Å². The third kappa shape index (κ3) is 6.60. The molecule has 3 aromatic carbocycles. The van der Waals surface area contributed by atoms with Crippen LogP contribution in [0.15, 0.2) is 72.3 Å². The number of carbonyl (C=O) groups excluding carboxylic acids is 2. The first kappa shape index (κ1) is 30.7. The Morgan fingerprint density at radius 3 is 2.43 bits per heavy atom. The van der Waals surface area contributed by atoms with Crippen molar-refractivity contribution in [2.75, 3.05) is 18.6 Å². The maximum absolute atomic E-state index is 13.5. The number of ketones is 1. The molecule has 9 nitrogen and oxygen atoms in total. The predicted octanol–water partition coefficient (Wildman–Crippen LogP) is 6.94. The van der Waals surface area contributed by atoms with Crippen LogP contribution in [0, 0.1) is 13.8 Å². The molecule has 0 bridgehead atoms. The highest BCUT2D eigenvalue weighted by Crippen LogP contribution is 2.45. The van der Waals surface area contributed by atoms with Gasteiger partial charge in [-0.2, -0.15) is 0 Å². The van der Waals surface area contributed by atoms with Gasteiger partial charge in [0.15, 0.2) is 11.5 Å². The van der Waals surface area contributed by atoms with Crippen molar-refractivity contribution in [1.82, 2.24) is 10.2 Å². The third-order valence-electron chi connectivity index (χ3n) is 7.29. The molecule has 1 unspecified atom stereocenters. The Morgan fingerprint density at radius 2 is 1.75 bits per heavy atom. The monoisotopic (exact) mass is 613 g/mol. The first-order chi connectivity index (χ1) is 21.3. The molecule has 5 rings (SSSR count). The van der Waals surface area contributed by atoms with Crippen LogP contribution in [-0.4, -0.2) is 40.7 Å². The predicted molar refractivity (Wildman–Crippen MR) is 169 cm³/mol. The fourth-order valence-corrected chi connectivity index (χ4v) is 5.78. The van der Waals surface area contributed by atoms with E-state index in [2.05, 4.69) is 23.2 Å². The summed E-state index contributed by atoms with van der Waals surface area (Å²) in [5.41, 5.74) is 3.04. The number of unbranched alkanes of at least 4 members (excludes halogenated alkanes) is 2. The van der Waals surface area contributed by atoms with Gasteiger partial charge in [0, 0.05) is 5.56 Å². The molecular formula is C34H35N3O6S. The molecule has 44 heavy (non-hydrogen) atoms. The number of benzene rings is 3. The van der Waals surface area contributed by atoms with Crippen molar-refractivity contribution in [2.24, 2.45) is 0 Å². The van der Waals surface area contributed by atoms with E-state index in [0.717, 1.165) is 30.4 Å². The summed E-state index contributed by atoms with van der Waals surface area (Å²) in [5.74, 6) is -0.320. The van der Waals surface area contributed by atoms with Crippen LogP contribution in [0.3, 0.4) is 0 Å². The van der Waals surface area contributed by atoms with Crippen molar-refractivity contribution in [3.63, 3.8) is 0 Å². The summed E-state index contributed by atoms with van der Waals surface area (Å²) < 4.78 is 17.5. The molecule has 1 atom stereocenters. The number of rotatable bonds is 12. The van der Waals surface area contributed by atoms with E-state index in [0.29, 0.717) is 46.6 Å². The number of aliphatic hydroxyl groups is 1. The van der Waals surface area contributed by atoms with Gasteiger partial charge >= 0.3 is 5.91 Å². The molecular weight excluding hydrogens is 578 g/mol. The lowest BCUT2D eigenvalue weighted by atomic mass is 9.95. The quantitative estimate of drug-likeness (QED) is 0.0792. The highest BCUT2D eigenvalue weighted by molar-refractivity contribution is 7.15. The van der Waals surface area contributed by atoms with Crippen LogP contribution >= 0.6 is 11.3 Å². The number of carbonyl (C=O) groups is 2. The summed E-state index contributed by atoms with van der Waals surface area (Å²) in [4.78, 5) is 28.3. The number of aryl methyl sites for hydroxylation is 2. The zero-order valence-corrected chi connectivity index (χ0v) is 26.0. The molecule has 1 aliphatic heterocycles. The number of nitrogens with zero attached hydrogens (tertiary/aromatic N) is 3. The van der Waals surface area contributed by atoms with Gasteiger partial charge in [0.05, 0.1) is 25.3 Å². The topological polar surface area (TPSA) is 111 Å². The van der Waals surface area contributed by atoms with E-state index >= 15 is 0 Å². The van der Waals surface area contributed by atoms with Crippen molar-refractivity contribution < 1.29 is 28.9 Å². The third-order valence-corrected chi connectivity index (χ3v) is 8.13. The van der Waals surface area contributed by atoms with Gasteiger partial charge in [0.1, 0.15) is 23.1 Å². The summed E-state index contributed by atoms with van der Waals surface area (Å²) in [6.45, 7) is 6.84. The van der Waals surface area contributed by atoms with Gasteiger partial charge in [-0.25, -0.2) is 0 Å². The van der Waals surface area contributed by atoms with Gasteiger partial charge in [-0.15, -0.1) is 10.2 Å². The number of hydrogen-bond acceptors (Lipinski definition) is 9. The lowest BCUT2D eigenvalue weighted by Crippen LogP contribution is -2.29. The van der Waals surface area contributed by atoms with Crippen molar-refractivity contribution >= 4 is 33.9 Å². The standard InChI is InChI=1S/C34H35N3O6S/c1-5-6-7-17-42-27-16-13-25(19-28(27)41-4)30-29(32(39)33(40)37(30)34-36-35-22(3)44-34)31(38)24-11-14-26(15-12-24)43-20-23-10-8-9-21(2)18-23/h8-16,18-19,30,38H,5-7,17,20H2,1-4H3. The molecule has 2 heterocycles. The summed E-state index contributed by atoms with van der Waals surface area (Å²) in [6, 6.07) is 19.1. The second-order valence-corrected chi connectivity index (χ2v) is 11.7. The van der Waals surface area contributed by atoms with Crippen LogP contribution in [0.1, 0.15) is 59.5 Å². The van der Waals surface area contributed by atoms with Crippen LogP contribution in [-0.2, 0) is 16.2 Å². The number of ether oxygens (including phenoxy) is 3. The normalized spacial score (nSPS) is 15.9. The van der Waals surface area contributed by atoms with Gasteiger partial charge < -0.3 is 19.3 Å². The molecule has 1 N–H and O–H groups in total. The van der Waals surface area contributed by atoms with Crippen LogP contribution in [0.4, 0.5) is 5.13 Å². The Bertz CT molecular complexity index is 1680. The summed E-state index contributed by atoms with van der Waals surface area (Å²) in [6.07, 6.45) is 3.04. The van der Waals surface area contributed by atoms with Gasteiger partial charge in [0.25, 0.3) is 5.78 Å². The number of hydrogen-bond donors (Lipinski definition) is 1. The van der Waals surface area contributed by atoms with Gasteiger partial charge in [-0.1, -0.05) is 67.0 Å². The molecule has 1 aliphatic rings. The number of amides is 1. The van der Waals surface area contributed by atoms with Crippen molar-refractivity contribution in [3.8, 4) is 17.2 Å². The van der Waals surface area contributed by atoms with Crippen molar-refractivity contribution in [1.29, 1.82) is 0 Å². The second-order valence-electron chi connectivity index (χ2n) is 10.5. The van der Waals surface area contributed by atoms with Crippen LogP contribution in [0.25, 0.3) is 5.76 Å². The van der Waals surface area contributed by atoms with Crippen LogP contribution in [0.5, 0.6) is 17.2 Å². The fraction of sp³-hybridized carbons (Fsp3) is 0.294. The van der Waals surface area contributed by atoms with Crippen molar-refractivity contribution in [3.05, 3.63) is 99.6 Å². The molecule has 4 aromatic rings. The van der Waals surface area contributed by atoms with E-state index in [4.69, 9.17) is 14.2 Å². The van der Waals surface area contributed by atoms with E-state index < -0.39 is 17.7 Å². The molecule has 0 saturated carbocycles. The Balaban J connectivity index is 1.50. The van der Waals surface area contributed by atoms with E-state index in [1.54, 1.807) is 49.4 Å². The minimum absolute atomic E-state index is 0.0602. The first-order valence-electron chi connectivity index (χ1n) is 14.5. The Hall–Kier alpha value is -4.70. The van der Waals surface area contributed by atoms with E-state index in [1.807, 2.05) is 25.1 Å². The van der Waals surface area contributed by atoms with Gasteiger partial charge in [-0.3, -0.25) is 14.5 Å². The summed E-state index contributed by atoms with van der Waals surface area (Å²) in [5, 5.41) is 20.6. The maximum atomic E-state index is 13.5. The number of Topliss-reactive ketones (excluding diaryl/α,β-unsaturated/α-hetero) is 1. The number of anilines is 1. The van der Waals surface area contributed by atoms with Crippen LogP contribution < -0.4 is 19.1 Å². The zero-order chi connectivity index (χ0) is 31.2. The number of methoxy groups -OCH3 is 1. The first-order valence-corrected chi connectivity index (χ1v) is 15.3. The van der Waals surface area contributed by atoms with E-state index in [9.17, 15) is 14.7 Å². The largest absolute Gasteiger partial charge is 0.507 e. The Labute approximate surface area is 260 Å². The molecule has 1 fully saturated rings. The average molecular weight is 614 g/mol. The maximum Gasteiger partial charge on any atom is 0.301 e. The second kappa shape index (κ2) is 13.7. The SMILES string of the molecule is CCCCCOc1ccc(C2C(=C(O)c3ccc(OCc4cccc(C)c4)cc3)C(=O)C(=O)N2c2nnc(C)s2)cc1OC. The van der Waals surface area contributed by atoms with Crippen LogP contribution in [0.2, 0.25) is 0 Å². The Kier molecular flexibility index (Phi) is 9.59. The summed E-state index contributed by atoms with van der Waals surface area (Å²) >= 11 is 1.19. The molecule has 10 heteroatoms. The molecule has 1 saturated heterocycles. The molecule has 0 spiro atoms. The minimum Gasteiger partial charge on any atom is -0.507 e. The molecule has 0 radical (unpaired) electrons. The van der Waals surface area contributed by atoms with Gasteiger partial charge in [-0.05, 0) is 67.8 Å². The highest BCUT2D eigenvalue weighted by Gasteiger charge is 2.48. The number of aromatic nitrogens is 2. The highest BCUT2D eigenvalue weighted by atomic mass is 32.1. The molecule has 1 amide bonds. The van der Waals surface area contributed by atoms with E-state index in [1.165, 1.54) is 23.3 Å². The lowest BCUT2D eigenvalue weighted by Gasteiger charge is -2.23. The minimum atomic E-state index is -0.970. The van der Waals surface area contributed by atoms with E-state index in [-0.39, 0.29) is 16.5 Å². The molecule has 1 aromatic heterocycles. The smallest absolute Gasteiger partial charge is 0.301 e. The zero-order valence-electron chi connectivity index (χ0n) is 25.2. The average Bonchev–Trinajstić information content (AvgIpc) is 3.57. The lowest BCUT2D eigenvalue weighted by molar-refractivity contribution is -0.132. The molecule has 0 aliphatic carbocycles. The van der Waals surface area contributed by atoms with Crippen molar-refractivity contribution in [2.45, 2.75) is 52.7 Å². The number of aliphatic hydroxyl groups excluding tert-OH is 1.